The quantitative estimate of drug-likeness (QED) is 0.752. The van der Waals surface area contributed by atoms with Crippen LogP contribution in [-0.4, -0.2) is 55.1 Å². The van der Waals surface area contributed by atoms with E-state index in [0.717, 1.165) is 6.42 Å². The summed E-state index contributed by atoms with van der Waals surface area (Å²) < 4.78 is 9.83. The molecule has 0 bridgehead atoms. The van der Waals surface area contributed by atoms with Crippen molar-refractivity contribution in [3.05, 3.63) is 0 Å². The normalized spacial score (nSPS) is 26.5. The van der Waals surface area contributed by atoms with Gasteiger partial charge >= 0.3 is 6.09 Å². The van der Waals surface area contributed by atoms with Gasteiger partial charge < -0.3 is 19.5 Å². The van der Waals surface area contributed by atoms with Crippen molar-refractivity contribution in [3.8, 4) is 0 Å². The Hall–Kier alpha value is -0.810. The highest BCUT2D eigenvalue weighted by molar-refractivity contribution is 5.67. The van der Waals surface area contributed by atoms with Gasteiger partial charge in [0.1, 0.15) is 5.60 Å². The number of hydrogen-bond donors (Lipinski definition) is 1. The molecule has 15 heavy (non-hydrogen) atoms. The van der Waals surface area contributed by atoms with Crippen LogP contribution in [0.25, 0.3) is 0 Å². The number of hydrogen-bond acceptors (Lipinski definition) is 4. The fourth-order valence-corrected chi connectivity index (χ4v) is 1.87. The summed E-state index contributed by atoms with van der Waals surface area (Å²) in [7, 11) is 1.54. The van der Waals surface area contributed by atoms with Crippen LogP contribution in [0.3, 0.4) is 0 Å². The molecule has 1 aliphatic rings. The van der Waals surface area contributed by atoms with Gasteiger partial charge in [0, 0.05) is 13.7 Å². The van der Waals surface area contributed by atoms with Crippen molar-refractivity contribution < 1.29 is 19.4 Å². The standard InChI is InChI=1S/C10H19NO4/c1-3-15-9(12)11-6-4-5-10(13,7-11)8-14-2/h13H,3-8H2,1-2H3. The van der Waals surface area contributed by atoms with Gasteiger partial charge in [0.15, 0.2) is 0 Å². The molecule has 1 saturated heterocycles. The maximum absolute atomic E-state index is 11.4. The topological polar surface area (TPSA) is 59.0 Å². The lowest BCUT2D eigenvalue weighted by Crippen LogP contribution is -2.52. The van der Waals surface area contributed by atoms with E-state index in [4.69, 9.17) is 9.47 Å². The third-order valence-corrected chi connectivity index (χ3v) is 2.49. The highest BCUT2D eigenvalue weighted by Crippen LogP contribution is 2.21. The van der Waals surface area contributed by atoms with Crippen molar-refractivity contribution >= 4 is 6.09 Å². The molecule has 5 heteroatoms. The molecule has 0 radical (unpaired) electrons. The minimum absolute atomic E-state index is 0.253. The summed E-state index contributed by atoms with van der Waals surface area (Å²) in [5.74, 6) is 0. The van der Waals surface area contributed by atoms with Gasteiger partial charge in [0.05, 0.1) is 19.8 Å². The van der Waals surface area contributed by atoms with Crippen molar-refractivity contribution in [2.24, 2.45) is 0 Å². The number of amides is 1. The number of likely N-dealkylation sites (tertiary alicyclic amines) is 1. The largest absolute Gasteiger partial charge is 0.450 e. The Morgan fingerprint density at radius 2 is 2.33 bits per heavy atom. The Morgan fingerprint density at radius 1 is 1.60 bits per heavy atom. The monoisotopic (exact) mass is 217 g/mol. The fourth-order valence-electron chi connectivity index (χ4n) is 1.87. The lowest BCUT2D eigenvalue weighted by Gasteiger charge is -2.37. The van der Waals surface area contributed by atoms with Crippen LogP contribution in [0.15, 0.2) is 0 Å². The van der Waals surface area contributed by atoms with Crippen molar-refractivity contribution in [1.82, 2.24) is 4.90 Å². The molecule has 1 amide bonds. The highest BCUT2D eigenvalue weighted by atomic mass is 16.6. The number of methoxy groups -OCH3 is 1. The van der Waals surface area contributed by atoms with Gasteiger partial charge in [-0.05, 0) is 19.8 Å². The second kappa shape index (κ2) is 5.32. The average Bonchev–Trinajstić information content (AvgIpc) is 2.18. The second-order valence-corrected chi connectivity index (χ2v) is 3.88. The number of piperidine rings is 1. The number of carbonyl (C=O) groups excluding carboxylic acids is 1. The summed E-state index contributed by atoms with van der Waals surface area (Å²) in [4.78, 5) is 13.0. The molecular formula is C10H19NO4. The van der Waals surface area contributed by atoms with Crippen molar-refractivity contribution in [2.45, 2.75) is 25.4 Å². The Labute approximate surface area is 90.0 Å². The third-order valence-electron chi connectivity index (χ3n) is 2.49. The van der Waals surface area contributed by atoms with Crippen LogP contribution in [0, 0.1) is 0 Å². The fraction of sp³-hybridized carbons (Fsp3) is 0.900. The number of ether oxygens (including phenoxy) is 2. The molecule has 0 saturated carbocycles. The minimum atomic E-state index is -0.917. The summed E-state index contributed by atoms with van der Waals surface area (Å²) in [5, 5.41) is 10.1. The molecule has 5 nitrogen and oxygen atoms in total. The molecule has 1 unspecified atom stereocenters. The number of β-amino-alcohol motifs (C(OH)–C–C–N with tert-alkyl or cyclic N) is 1. The Bertz CT molecular complexity index is 217. The summed E-state index contributed by atoms with van der Waals surface area (Å²) in [6, 6.07) is 0. The van der Waals surface area contributed by atoms with Gasteiger partial charge in [-0.25, -0.2) is 4.79 Å². The Kier molecular flexibility index (Phi) is 4.35. The first kappa shape index (κ1) is 12.3. The van der Waals surface area contributed by atoms with Crippen LogP contribution in [0.2, 0.25) is 0 Å². The summed E-state index contributed by atoms with van der Waals surface area (Å²) >= 11 is 0. The average molecular weight is 217 g/mol. The molecule has 0 spiro atoms. The molecule has 1 aliphatic heterocycles. The van der Waals surface area contributed by atoms with E-state index in [9.17, 15) is 9.90 Å². The van der Waals surface area contributed by atoms with Crippen molar-refractivity contribution in [3.63, 3.8) is 0 Å². The summed E-state index contributed by atoms with van der Waals surface area (Å²) in [6.45, 7) is 3.31. The smallest absolute Gasteiger partial charge is 0.409 e. The molecule has 1 heterocycles. The molecule has 1 fully saturated rings. The molecule has 0 aromatic carbocycles. The SMILES string of the molecule is CCOC(=O)N1CCCC(O)(COC)C1. The van der Waals surface area contributed by atoms with Gasteiger partial charge in [-0.1, -0.05) is 0 Å². The number of carbonyl (C=O) groups is 1. The first-order valence-electron chi connectivity index (χ1n) is 5.24. The zero-order valence-corrected chi connectivity index (χ0v) is 9.36. The minimum Gasteiger partial charge on any atom is -0.450 e. The van der Waals surface area contributed by atoms with E-state index in [-0.39, 0.29) is 12.7 Å². The van der Waals surface area contributed by atoms with E-state index < -0.39 is 5.60 Å². The van der Waals surface area contributed by atoms with E-state index in [2.05, 4.69) is 0 Å². The summed E-state index contributed by atoms with van der Waals surface area (Å²) in [5.41, 5.74) is -0.917. The first-order valence-corrected chi connectivity index (χ1v) is 5.24. The number of aliphatic hydroxyl groups is 1. The zero-order chi connectivity index (χ0) is 11.3. The van der Waals surface area contributed by atoms with E-state index >= 15 is 0 Å². The van der Waals surface area contributed by atoms with E-state index in [0.29, 0.717) is 26.1 Å². The lowest BCUT2D eigenvalue weighted by atomic mass is 9.94. The van der Waals surface area contributed by atoms with E-state index in [1.54, 1.807) is 14.0 Å². The van der Waals surface area contributed by atoms with Gasteiger partial charge in [-0.3, -0.25) is 0 Å². The molecule has 0 aromatic rings. The van der Waals surface area contributed by atoms with Crippen LogP contribution < -0.4 is 0 Å². The van der Waals surface area contributed by atoms with Crippen LogP contribution in [0.4, 0.5) is 4.79 Å². The van der Waals surface area contributed by atoms with Gasteiger partial charge in [-0.15, -0.1) is 0 Å². The predicted octanol–water partition coefficient (Wildman–Crippen LogP) is 0.616. The van der Waals surface area contributed by atoms with Crippen LogP contribution in [0.5, 0.6) is 0 Å². The zero-order valence-electron chi connectivity index (χ0n) is 9.36. The predicted molar refractivity (Wildman–Crippen MR) is 54.7 cm³/mol. The van der Waals surface area contributed by atoms with Gasteiger partial charge in [0.2, 0.25) is 0 Å². The van der Waals surface area contributed by atoms with E-state index in [1.165, 1.54) is 4.90 Å². The molecule has 88 valence electrons. The Balaban J connectivity index is 2.51. The van der Waals surface area contributed by atoms with Gasteiger partial charge in [0.25, 0.3) is 0 Å². The van der Waals surface area contributed by atoms with Crippen LogP contribution in [0.1, 0.15) is 19.8 Å². The molecular weight excluding hydrogens is 198 g/mol. The molecule has 0 aliphatic carbocycles. The van der Waals surface area contributed by atoms with Crippen molar-refractivity contribution in [2.75, 3.05) is 33.4 Å². The van der Waals surface area contributed by atoms with Crippen molar-refractivity contribution in [1.29, 1.82) is 0 Å². The third kappa shape index (κ3) is 3.35. The molecule has 1 rings (SSSR count). The van der Waals surface area contributed by atoms with Crippen LogP contribution >= 0.6 is 0 Å². The number of nitrogens with zero attached hydrogens (tertiary/aromatic N) is 1. The highest BCUT2D eigenvalue weighted by Gasteiger charge is 2.35. The molecule has 1 N–H and O–H groups in total. The van der Waals surface area contributed by atoms with E-state index in [1.807, 2.05) is 0 Å². The van der Waals surface area contributed by atoms with Crippen LogP contribution in [-0.2, 0) is 9.47 Å². The number of rotatable bonds is 3. The maximum atomic E-state index is 11.4. The summed E-state index contributed by atoms with van der Waals surface area (Å²) in [6.07, 6.45) is 1.09. The molecule has 1 atom stereocenters. The second-order valence-electron chi connectivity index (χ2n) is 3.88. The first-order chi connectivity index (χ1) is 7.11. The maximum Gasteiger partial charge on any atom is 0.409 e. The Morgan fingerprint density at radius 3 is 2.93 bits per heavy atom. The lowest BCUT2D eigenvalue weighted by molar-refractivity contribution is -0.0740. The van der Waals surface area contributed by atoms with Gasteiger partial charge in [-0.2, -0.15) is 0 Å². The molecule has 0 aromatic heterocycles.